The molecule has 1 atom stereocenters. The standard InChI is InChI=1S/C14H21NO/c1-4-6-11-16-14-9-7-13(8-10-14)12(3)15-5-2/h4,6-10,12,15H,5,11H2,1-3H3/b6-4+. The molecule has 0 amide bonds. The van der Waals surface area contributed by atoms with Crippen LogP contribution in [0.1, 0.15) is 32.4 Å². The molecule has 0 heterocycles. The van der Waals surface area contributed by atoms with E-state index in [-0.39, 0.29) is 0 Å². The first-order valence-electron chi connectivity index (χ1n) is 5.85. The summed E-state index contributed by atoms with van der Waals surface area (Å²) in [5.74, 6) is 0.922. The predicted molar refractivity (Wildman–Crippen MR) is 68.8 cm³/mol. The Morgan fingerprint density at radius 2 is 2.00 bits per heavy atom. The summed E-state index contributed by atoms with van der Waals surface area (Å²) >= 11 is 0. The number of nitrogens with one attached hydrogen (secondary N) is 1. The lowest BCUT2D eigenvalue weighted by atomic mass is 10.1. The average molecular weight is 219 g/mol. The molecule has 1 aromatic carbocycles. The Bertz CT molecular complexity index is 316. The SMILES string of the molecule is C/C=C/COc1ccc(C(C)NCC)cc1. The number of ether oxygens (including phenoxy) is 1. The lowest BCUT2D eigenvalue weighted by molar-refractivity contribution is 0.362. The van der Waals surface area contributed by atoms with Crippen molar-refractivity contribution in [3.05, 3.63) is 42.0 Å². The highest BCUT2D eigenvalue weighted by Crippen LogP contribution is 2.17. The van der Waals surface area contributed by atoms with Gasteiger partial charge in [0.25, 0.3) is 0 Å². The molecule has 88 valence electrons. The number of hydrogen-bond donors (Lipinski definition) is 1. The molecule has 1 N–H and O–H groups in total. The van der Waals surface area contributed by atoms with Crippen LogP contribution in [0.3, 0.4) is 0 Å². The first kappa shape index (κ1) is 12.8. The van der Waals surface area contributed by atoms with Gasteiger partial charge in [-0.05, 0) is 38.1 Å². The Labute approximate surface area is 98.3 Å². The highest BCUT2D eigenvalue weighted by molar-refractivity contribution is 5.29. The summed E-state index contributed by atoms with van der Waals surface area (Å²) in [7, 11) is 0. The van der Waals surface area contributed by atoms with Gasteiger partial charge >= 0.3 is 0 Å². The van der Waals surface area contributed by atoms with Crippen molar-refractivity contribution in [1.82, 2.24) is 5.32 Å². The summed E-state index contributed by atoms with van der Waals surface area (Å²) in [5.41, 5.74) is 1.29. The van der Waals surface area contributed by atoms with Gasteiger partial charge in [0.2, 0.25) is 0 Å². The van der Waals surface area contributed by atoms with Crippen LogP contribution in [0.4, 0.5) is 0 Å². The zero-order chi connectivity index (χ0) is 11.8. The average Bonchev–Trinajstić information content (AvgIpc) is 2.30. The first-order valence-corrected chi connectivity index (χ1v) is 5.85. The minimum absolute atomic E-state index is 0.398. The molecule has 16 heavy (non-hydrogen) atoms. The third kappa shape index (κ3) is 4.07. The second-order valence-corrected chi connectivity index (χ2v) is 3.73. The fraction of sp³-hybridized carbons (Fsp3) is 0.429. The summed E-state index contributed by atoms with van der Waals surface area (Å²) in [6.45, 7) is 7.90. The minimum atomic E-state index is 0.398. The van der Waals surface area contributed by atoms with E-state index < -0.39 is 0 Å². The molecule has 0 bridgehead atoms. The topological polar surface area (TPSA) is 21.3 Å². The van der Waals surface area contributed by atoms with E-state index in [4.69, 9.17) is 4.74 Å². The lowest BCUT2D eigenvalue weighted by Gasteiger charge is -2.13. The molecular weight excluding hydrogens is 198 g/mol. The second kappa shape index (κ2) is 7.07. The van der Waals surface area contributed by atoms with E-state index in [1.54, 1.807) is 0 Å². The van der Waals surface area contributed by atoms with Gasteiger partial charge in [-0.2, -0.15) is 0 Å². The molecule has 0 spiro atoms. The fourth-order valence-corrected chi connectivity index (χ4v) is 1.52. The summed E-state index contributed by atoms with van der Waals surface area (Å²) < 4.78 is 5.53. The Hall–Kier alpha value is -1.28. The zero-order valence-corrected chi connectivity index (χ0v) is 10.4. The molecule has 0 radical (unpaired) electrons. The molecule has 0 aliphatic heterocycles. The van der Waals surface area contributed by atoms with Gasteiger partial charge in [0.05, 0.1) is 0 Å². The van der Waals surface area contributed by atoms with Crippen molar-refractivity contribution in [1.29, 1.82) is 0 Å². The second-order valence-electron chi connectivity index (χ2n) is 3.73. The predicted octanol–water partition coefficient (Wildman–Crippen LogP) is 3.31. The first-order chi connectivity index (χ1) is 7.77. The van der Waals surface area contributed by atoms with Gasteiger partial charge in [0.15, 0.2) is 0 Å². The molecule has 0 aliphatic carbocycles. The molecule has 2 heteroatoms. The van der Waals surface area contributed by atoms with E-state index in [1.807, 2.05) is 31.2 Å². The number of benzene rings is 1. The highest BCUT2D eigenvalue weighted by Gasteiger charge is 2.02. The van der Waals surface area contributed by atoms with Crippen molar-refractivity contribution in [2.75, 3.05) is 13.2 Å². The van der Waals surface area contributed by atoms with E-state index in [0.29, 0.717) is 12.6 Å². The molecule has 0 aliphatic rings. The maximum atomic E-state index is 5.53. The molecule has 0 saturated heterocycles. The Morgan fingerprint density at radius 3 is 2.56 bits per heavy atom. The molecule has 0 fully saturated rings. The molecule has 0 saturated carbocycles. The lowest BCUT2D eigenvalue weighted by Crippen LogP contribution is -2.17. The van der Waals surface area contributed by atoms with Crippen LogP contribution in [0.25, 0.3) is 0 Å². The molecule has 1 aromatic rings. The van der Waals surface area contributed by atoms with Crippen molar-refractivity contribution in [2.45, 2.75) is 26.8 Å². The molecule has 0 aromatic heterocycles. The van der Waals surface area contributed by atoms with Gasteiger partial charge in [-0.3, -0.25) is 0 Å². The number of rotatable bonds is 6. The van der Waals surface area contributed by atoms with Crippen molar-refractivity contribution >= 4 is 0 Å². The van der Waals surface area contributed by atoms with Crippen LogP contribution in [0.5, 0.6) is 5.75 Å². The third-order valence-corrected chi connectivity index (χ3v) is 2.47. The van der Waals surface area contributed by atoms with E-state index >= 15 is 0 Å². The van der Waals surface area contributed by atoms with E-state index in [9.17, 15) is 0 Å². The zero-order valence-electron chi connectivity index (χ0n) is 10.4. The summed E-state index contributed by atoms with van der Waals surface area (Å²) in [5, 5.41) is 3.38. The molecular formula is C14H21NO. The smallest absolute Gasteiger partial charge is 0.119 e. The Balaban J connectivity index is 2.53. The molecule has 1 rings (SSSR count). The minimum Gasteiger partial charge on any atom is -0.490 e. The quantitative estimate of drug-likeness (QED) is 0.741. The fourth-order valence-electron chi connectivity index (χ4n) is 1.52. The summed E-state index contributed by atoms with van der Waals surface area (Å²) in [6, 6.07) is 8.66. The third-order valence-electron chi connectivity index (χ3n) is 2.47. The van der Waals surface area contributed by atoms with E-state index in [2.05, 4.69) is 31.3 Å². The van der Waals surface area contributed by atoms with Gasteiger partial charge in [-0.1, -0.05) is 31.2 Å². The van der Waals surface area contributed by atoms with Gasteiger partial charge in [-0.15, -0.1) is 0 Å². The van der Waals surface area contributed by atoms with Crippen LogP contribution in [-0.2, 0) is 0 Å². The Kier molecular flexibility index (Phi) is 5.65. The van der Waals surface area contributed by atoms with E-state index in [0.717, 1.165) is 12.3 Å². The van der Waals surface area contributed by atoms with Crippen LogP contribution < -0.4 is 10.1 Å². The Morgan fingerprint density at radius 1 is 1.31 bits per heavy atom. The maximum Gasteiger partial charge on any atom is 0.119 e. The highest BCUT2D eigenvalue weighted by atomic mass is 16.5. The normalized spacial score (nSPS) is 12.9. The summed E-state index contributed by atoms with van der Waals surface area (Å²) in [4.78, 5) is 0. The largest absolute Gasteiger partial charge is 0.490 e. The monoisotopic (exact) mass is 219 g/mol. The van der Waals surface area contributed by atoms with Gasteiger partial charge in [-0.25, -0.2) is 0 Å². The van der Waals surface area contributed by atoms with E-state index in [1.165, 1.54) is 5.56 Å². The number of hydrogen-bond acceptors (Lipinski definition) is 2. The van der Waals surface area contributed by atoms with Crippen molar-refractivity contribution < 1.29 is 4.74 Å². The van der Waals surface area contributed by atoms with Crippen molar-refractivity contribution in [3.8, 4) is 5.75 Å². The summed E-state index contributed by atoms with van der Waals surface area (Å²) in [6.07, 6.45) is 3.98. The van der Waals surface area contributed by atoms with Gasteiger partial charge in [0.1, 0.15) is 12.4 Å². The number of allylic oxidation sites excluding steroid dienone is 1. The van der Waals surface area contributed by atoms with Gasteiger partial charge < -0.3 is 10.1 Å². The van der Waals surface area contributed by atoms with Crippen LogP contribution >= 0.6 is 0 Å². The van der Waals surface area contributed by atoms with Crippen LogP contribution in [0.2, 0.25) is 0 Å². The van der Waals surface area contributed by atoms with Crippen molar-refractivity contribution in [3.63, 3.8) is 0 Å². The van der Waals surface area contributed by atoms with Gasteiger partial charge in [0, 0.05) is 6.04 Å². The maximum absolute atomic E-state index is 5.53. The van der Waals surface area contributed by atoms with Crippen LogP contribution in [0, 0.1) is 0 Å². The van der Waals surface area contributed by atoms with Crippen LogP contribution in [0.15, 0.2) is 36.4 Å². The van der Waals surface area contributed by atoms with Crippen LogP contribution in [-0.4, -0.2) is 13.2 Å². The van der Waals surface area contributed by atoms with Crippen molar-refractivity contribution in [2.24, 2.45) is 0 Å². The molecule has 1 unspecified atom stereocenters. The molecule has 2 nitrogen and oxygen atoms in total.